The minimum absolute atomic E-state index is 0.244. The number of carbonyl (C=O) groups is 2. The molecule has 0 amide bonds. The van der Waals surface area contributed by atoms with Gasteiger partial charge in [-0.3, -0.25) is 4.79 Å². The molecule has 10 heteroatoms. The number of ether oxygens (including phenoxy) is 2. The van der Waals surface area contributed by atoms with Crippen LogP contribution in [-0.4, -0.2) is 42.7 Å². The first kappa shape index (κ1) is 18.8. The van der Waals surface area contributed by atoms with Gasteiger partial charge in [0, 0.05) is 19.4 Å². The van der Waals surface area contributed by atoms with Crippen LogP contribution in [0.25, 0.3) is 0 Å². The number of fused-ring (bicyclic) bond motifs is 1. The SMILES string of the molecule is CC1(C)OC(=O)c2c(Cn3nccn3)ccc(C(Br)C(Br)C(=O)O)c2O1. The number of carboxylic acid groups (broad SMARTS) is 1. The zero-order chi connectivity index (χ0) is 19.1. The van der Waals surface area contributed by atoms with Crippen LogP contribution in [0.3, 0.4) is 0 Å². The van der Waals surface area contributed by atoms with Crippen molar-refractivity contribution < 1.29 is 24.2 Å². The van der Waals surface area contributed by atoms with Gasteiger partial charge in [-0.1, -0.05) is 44.0 Å². The van der Waals surface area contributed by atoms with E-state index in [1.807, 2.05) is 0 Å². The van der Waals surface area contributed by atoms with E-state index in [2.05, 4.69) is 42.1 Å². The first-order valence-corrected chi connectivity index (χ1v) is 9.46. The summed E-state index contributed by atoms with van der Waals surface area (Å²) in [5.41, 5.74) is 1.39. The number of halogens is 2. The van der Waals surface area contributed by atoms with Gasteiger partial charge in [-0.05, 0) is 5.56 Å². The predicted molar refractivity (Wildman–Crippen MR) is 97.7 cm³/mol. The quantitative estimate of drug-likeness (QED) is 0.509. The van der Waals surface area contributed by atoms with E-state index in [0.717, 1.165) is 0 Å². The van der Waals surface area contributed by atoms with Crippen molar-refractivity contribution in [1.29, 1.82) is 0 Å². The Bertz CT molecular complexity index is 854. The summed E-state index contributed by atoms with van der Waals surface area (Å²) in [6, 6.07) is 3.44. The van der Waals surface area contributed by atoms with E-state index in [-0.39, 0.29) is 12.1 Å². The molecule has 0 saturated carbocycles. The molecule has 0 bridgehead atoms. The molecule has 0 aliphatic carbocycles. The largest absolute Gasteiger partial charge is 0.480 e. The first-order valence-electron chi connectivity index (χ1n) is 7.63. The average Bonchev–Trinajstić information content (AvgIpc) is 3.05. The molecule has 2 unspecified atom stereocenters. The fourth-order valence-electron chi connectivity index (χ4n) is 2.62. The van der Waals surface area contributed by atoms with Crippen molar-refractivity contribution in [1.82, 2.24) is 15.0 Å². The number of cyclic esters (lactones) is 1. The average molecular weight is 489 g/mol. The summed E-state index contributed by atoms with van der Waals surface area (Å²) in [5, 5.41) is 17.4. The zero-order valence-corrected chi connectivity index (χ0v) is 17.0. The highest BCUT2D eigenvalue weighted by molar-refractivity contribution is 9.12. The Balaban J connectivity index is 2.12. The summed E-state index contributed by atoms with van der Waals surface area (Å²) >= 11 is 6.52. The Kier molecular flexibility index (Phi) is 5.07. The lowest BCUT2D eigenvalue weighted by atomic mass is 9.97. The second-order valence-electron chi connectivity index (χ2n) is 6.11. The number of rotatable bonds is 5. The lowest BCUT2D eigenvalue weighted by Gasteiger charge is -2.34. The summed E-state index contributed by atoms with van der Waals surface area (Å²) < 4.78 is 11.2. The van der Waals surface area contributed by atoms with Crippen LogP contribution in [0.2, 0.25) is 0 Å². The number of hydrogen-bond acceptors (Lipinski definition) is 6. The van der Waals surface area contributed by atoms with Crippen molar-refractivity contribution in [2.45, 2.75) is 35.8 Å². The van der Waals surface area contributed by atoms with Crippen molar-refractivity contribution in [2.24, 2.45) is 0 Å². The number of benzene rings is 1. The minimum atomic E-state index is -1.17. The molecule has 1 aromatic heterocycles. The maximum Gasteiger partial charge on any atom is 0.345 e. The van der Waals surface area contributed by atoms with Gasteiger partial charge < -0.3 is 14.6 Å². The molecule has 3 rings (SSSR count). The third kappa shape index (κ3) is 3.61. The highest BCUT2D eigenvalue weighted by atomic mass is 79.9. The molecule has 8 nitrogen and oxygen atoms in total. The standard InChI is InChI=1S/C16H15Br2N3O5/c1-16(2)25-13-9(11(17)12(18)14(22)23)4-3-8(10(13)15(24)26-16)7-21-19-5-6-20-21/h3-6,11-12H,7H2,1-2H3,(H,22,23). The van der Waals surface area contributed by atoms with Crippen molar-refractivity contribution in [3.05, 3.63) is 41.2 Å². The summed E-state index contributed by atoms with van der Waals surface area (Å²) in [4.78, 5) is 23.9. The van der Waals surface area contributed by atoms with Gasteiger partial charge >= 0.3 is 11.9 Å². The van der Waals surface area contributed by atoms with E-state index in [1.54, 1.807) is 26.0 Å². The van der Waals surface area contributed by atoms with E-state index in [0.29, 0.717) is 16.9 Å². The van der Waals surface area contributed by atoms with Crippen LogP contribution in [0.5, 0.6) is 5.75 Å². The van der Waals surface area contributed by atoms with Crippen LogP contribution >= 0.6 is 31.9 Å². The molecule has 1 aliphatic rings. The van der Waals surface area contributed by atoms with Gasteiger partial charge in [-0.2, -0.15) is 15.0 Å². The van der Waals surface area contributed by atoms with Gasteiger partial charge in [-0.25, -0.2) is 4.79 Å². The Morgan fingerprint density at radius 2 is 1.92 bits per heavy atom. The number of carboxylic acids is 1. The second-order valence-corrected chi connectivity index (χ2v) is 8.08. The number of aromatic nitrogens is 3. The predicted octanol–water partition coefficient (Wildman–Crippen LogP) is 2.90. The molecular weight excluding hydrogens is 474 g/mol. The molecule has 26 heavy (non-hydrogen) atoms. The van der Waals surface area contributed by atoms with Gasteiger partial charge in [-0.15, -0.1) is 0 Å². The van der Waals surface area contributed by atoms with Gasteiger partial charge in [0.2, 0.25) is 5.79 Å². The Morgan fingerprint density at radius 3 is 2.54 bits per heavy atom. The fourth-order valence-corrected chi connectivity index (χ4v) is 3.49. The van der Waals surface area contributed by atoms with Crippen molar-refractivity contribution in [2.75, 3.05) is 0 Å². The molecule has 0 saturated heterocycles. The molecule has 2 atom stereocenters. The summed E-state index contributed by atoms with van der Waals surface area (Å²) in [6.07, 6.45) is 3.07. The summed E-state index contributed by atoms with van der Waals surface area (Å²) in [6.45, 7) is 3.48. The van der Waals surface area contributed by atoms with E-state index >= 15 is 0 Å². The van der Waals surface area contributed by atoms with Crippen LogP contribution in [0, 0.1) is 0 Å². The van der Waals surface area contributed by atoms with Crippen molar-refractivity contribution >= 4 is 43.8 Å². The van der Waals surface area contributed by atoms with Crippen LogP contribution in [-0.2, 0) is 16.1 Å². The molecule has 138 valence electrons. The van der Waals surface area contributed by atoms with Gasteiger partial charge in [0.25, 0.3) is 0 Å². The van der Waals surface area contributed by atoms with Crippen LogP contribution in [0.4, 0.5) is 0 Å². The monoisotopic (exact) mass is 487 g/mol. The molecule has 1 aliphatic heterocycles. The molecule has 1 N–H and O–H groups in total. The Hall–Kier alpha value is -1.94. The second kappa shape index (κ2) is 6.99. The van der Waals surface area contributed by atoms with Crippen LogP contribution < -0.4 is 4.74 Å². The van der Waals surface area contributed by atoms with E-state index in [1.165, 1.54) is 17.2 Å². The third-order valence-electron chi connectivity index (χ3n) is 3.73. The van der Waals surface area contributed by atoms with Crippen molar-refractivity contribution in [3.8, 4) is 5.75 Å². The van der Waals surface area contributed by atoms with E-state index in [4.69, 9.17) is 9.47 Å². The fraction of sp³-hybridized carbons (Fsp3) is 0.375. The highest BCUT2D eigenvalue weighted by Gasteiger charge is 2.39. The minimum Gasteiger partial charge on any atom is -0.480 e. The normalized spacial score (nSPS) is 17.6. The topological polar surface area (TPSA) is 104 Å². The maximum absolute atomic E-state index is 12.6. The third-order valence-corrected chi connectivity index (χ3v) is 6.38. The van der Waals surface area contributed by atoms with Gasteiger partial charge in [0.05, 0.1) is 23.8 Å². The molecular formula is C16H15Br2N3O5. The van der Waals surface area contributed by atoms with E-state index in [9.17, 15) is 14.7 Å². The maximum atomic E-state index is 12.6. The highest BCUT2D eigenvalue weighted by Crippen LogP contribution is 2.44. The van der Waals surface area contributed by atoms with E-state index < -0.39 is 27.4 Å². The van der Waals surface area contributed by atoms with Crippen LogP contribution in [0.1, 0.15) is 40.2 Å². The number of aliphatic carboxylic acids is 1. The number of carbonyl (C=O) groups excluding carboxylic acids is 1. The first-order chi connectivity index (χ1) is 12.2. The number of esters is 1. The Morgan fingerprint density at radius 1 is 1.27 bits per heavy atom. The zero-order valence-electron chi connectivity index (χ0n) is 13.8. The molecule has 0 fully saturated rings. The Labute approximate surface area is 165 Å². The van der Waals surface area contributed by atoms with Crippen molar-refractivity contribution in [3.63, 3.8) is 0 Å². The number of nitrogens with zero attached hydrogens (tertiary/aromatic N) is 3. The number of alkyl halides is 2. The molecule has 0 spiro atoms. The van der Waals surface area contributed by atoms with Gasteiger partial charge in [0.1, 0.15) is 16.1 Å². The summed E-state index contributed by atoms with van der Waals surface area (Å²) in [7, 11) is 0. The molecule has 1 aromatic carbocycles. The van der Waals surface area contributed by atoms with Gasteiger partial charge in [0.15, 0.2) is 0 Å². The van der Waals surface area contributed by atoms with Crippen LogP contribution in [0.15, 0.2) is 24.5 Å². The molecule has 0 radical (unpaired) electrons. The molecule has 2 aromatic rings. The summed E-state index contributed by atoms with van der Waals surface area (Å²) in [5.74, 6) is -2.45. The molecule has 2 heterocycles. The lowest BCUT2D eigenvalue weighted by molar-refractivity contribution is -0.136. The number of hydrogen-bond donors (Lipinski definition) is 1. The smallest absolute Gasteiger partial charge is 0.345 e. The lowest BCUT2D eigenvalue weighted by Crippen LogP contribution is -2.40.